The highest BCUT2D eigenvalue weighted by molar-refractivity contribution is 6.32. The average molecular weight is 810 g/mol. The van der Waals surface area contributed by atoms with Gasteiger partial charge >= 0.3 is 0 Å². The van der Waals surface area contributed by atoms with E-state index in [-0.39, 0.29) is 0 Å². The number of fused-ring (bicyclic) bond motifs is 8. The number of benzene rings is 10. The smallest absolute Gasteiger partial charge is 0.0625 e. The van der Waals surface area contributed by atoms with E-state index in [4.69, 9.17) is 0 Å². The zero-order valence-corrected chi connectivity index (χ0v) is 36.0. The third-order valence-corrected chi connectivity index (χ3v) is 12.6. The van der Waals surface area contributed by atoms with Gasteiger partial charge in [0.25, 0.3) is 0 Å². The normalized spacial score (nSPS) is 11.5. The zero-order chi connectivity index (χ0) is 42.6. The van der Waals surface area contributed by atoms with Gasteiger partial charge in [0.1, 0.15) is 0 Å². The third-order valence-electron chi connectivity index (χ3n) is 12.6. The molecular weight excluding hydrogens is 763 g/mol. The van der Waals surface area contributed by atoms with Gasteiger partial charge in [0.2, 0.25) is 0 Å². The maximum atomic E-state index is 2.47. The molecule has 0 bridgehead atoms. The van der Waals surface area contributed by atoms with Crippen LogP contribution in [0, 0.1) is 27.7 Å². The summed E-state index contributed by atoms with van der Waals surface area (Å²) in [6, 6.07) is 78.3. The molecule has 0 spiro atoms. The van der Waals surface area contributed by atoms with Gasteiger partial charge in [-0.05, 0) is 146 Å². The Morgan fingerprint density at radius 2 is 0.714 bits per heavy atom. The molecular formula is C60H47N3. The van der Waals surface area contributed by atoms with Gasteiger partial charge < -0.3 is 14.4 Å². The van der Waals surface area contributed by atoms with Crippen molar-refractivity contribution in [2.45, 2.75) is 27.7 Å². The molecule has 11 aromatic rings. The number of anilines is 6. The highest BCUT2D eigenvalue weighted by atomic mass is 15.2. The molecule has 0 radical (unpaired) electrons. The van der Waals surface area contributed by atoms with Crippen LogP contribution < -0.4 is 9.80 Å². The first kappa shape index (κ1) is 38.1. The Labute approximate surface area is 369 Å². The Morgan fingerprint density at radius 1 is 0.302 bits per heavy atom. The molecule has 1 aromatic heterocycles. The van der Waals surface area contributed by atoms with Gasteiger partial charge in [-0.3, -0.25) is 0 Å². The fourth-order valence-electron chi connectivity index (χ4n) is 9.39. The molecule has 10 aromatic carbocycles. The molecule has 0 N–H and O–H groups in total. The lowest BCUT2D eigenvalue weighted by Gasteiger charge is -2.30. The van der Waals surface area contributed by atoms with Crippen LogP contribution in [0.5, 0.6) is 0 Å². The lowest BCUT2D eigenvalue weighted by Crippen LogP contribution is -2.13. The van der Waals surface area contributed by atoms with Crippen LogP contribution >= 0.6 is 0 Å². The summed E-state index contributed by atoms with van der Waals surface area (Å²) in [4.78, 5) is 4.79. The van der Waals surface area contributed by atoms with E-state index in [1.54, 1.807) is 0 Å². The van der Waals surface area contributed by atoms with Crippen molar-refractivity contribution in [3.05, 3.63) is 235 Å². The Morgan fingerprint density at radius 3 is 1.19 bits per heavy atom. The maximum absolute atomic E-state index is 2.47. The minimum Gasteiger partial charge on any atom is -0.310 e. The number of hydrogen-bond acceptors (Lipinski definition) is 2. The minimum absolute atomic E-state index is 1.07. The second-order valence-corrected chi connectivity index (χ2v) is 17.0. The van der Waals surface area contributed by atoms with Crippen LogP contribution in [0.2, 0.25) is 0 Å². The van der Waals surface area contributed by atoms with Crippen LogP contribution in [-0.2, 0) is 0 Å². The van der Waals surface area contributed by atoms with Gasteiger partial charge in [-0.1, -0.05) is 144 Å². The SMILES string of the molecule is Cc1ccc(N(c2ccc(C)cc2)c2cc(-c3ccc4c(c3)c3c5ccccc5c5ccccc5c3n4-c3ccccc3)cc(N(c3ccc(C)cc3)c3ccc(C)cc3)c2)cc1. The molecule has 0 aliphatic rings. The number of aromatic nitrogens is 1. The zero-order valence-electron chi connectivity index (χ0n) is 36.0. The van der Waals surface area contributed by atoms with Gasteiger partial charge in [-0.15, -0.1) is 0 Å². The van der Waals surface area contributed by atoms with E-state index in [1.807, 2.05) is 0 Å². The first-order chi connectivity index (χ1) is 30.9. The molecule has 63 heavy (non-hydrogen) atoms. The van der Waals surface area contributed by atoms with Gasteiger partial charge in [0, 0.05) is 56.0 Å². The lowest BCUT2D eigenvalue weighted by atomic mass is 9.95. The molecule has 3 nitrogen and oxygen atoms in total. The van der Waals surface area contributed by atoms with E-state index in [0.717, 1.165) is 50.9 Å². The fourth-order valence-corrected chi connectivity index (χ4v) is 9.39. The second kappa shape index (κ2) is 15.5. The average Bonchev–Trinajstić information content (AvgIpc) is 3.67. The van der Waals surface area contributed by atoms with E-state index in [9.17, 15) is 0 Å². The van der Waals surface area contributed by atoms with E-state index >= 15 is 0 Å². The fraction of sp³-hybridized carbons (Fsp3) is 0.0667. The molecule has 0 fully saturated rings. The standard InChI is InChI=1S/C60H47N3/c1-40-18-27-47(28-19-40)61(48-29-20-41(2)21-30-48)51-36-45(37-52(39-51)62(49-31-22-42(3)23-32-49)50-33-24-43(4)25-34-50)44-26-35-58-57(38-44)59-55-16-10-8-14-53(55)54-15-9-11-17-56(54)60(59)63(58)46-12-6-5-7-13-46/h5-39H,1-4H3. The molecule has 0 aliphatic heterocycles. The predicted octanol–water partition coefficient (Wildman–Crippen LogP) is 16.9. The molecule has 0 unspecified atom stereocenters. The Balaban J connectivity index is 1.23. The molecule has 0 saturated carbocycles. The summed E-state index contributed by atoms with van der Waals surface area (Å²) in [6.45, 7) is 8.60. The first-order valence-electron chi connectivity index (χ1n) is 21.8. The van der Waals surface area contributed by atoms with Crippen LogP contribution in [-0.4, -0.2) is 4.57 Å². The summed E-state index contributed by atoms with van der Waals surface area (Å²) < 4.78 is 2.47. The summed E-state index contributed by atoms with van der Waals surface area (Å²) in [5, 5.41) is 7.52. The minimum atomic E-state index is 1.07. The van der Waals surface area contributed by atoms with E-state index in [1.165, 1.54) is 65.6 Å². The summed E-state index contributed by atoms with van der Waals surface area (Å²) in [5.74, 6) is 0. The maximum Gasteiger partial charge on any atom is 0.0625 e. The topological polar surface area (TPSA) is 11.4 Å². The van der Waals surface area contributed by atoms with Crippen molar-refractivity contribution in [2.24, 2.45) is 0 Å². The number of nitrogens with zero attached hydrogens (tertiary/aromatic N) is 3. The van der Waals surface area contributed by atoms with Crippen LogP contribution in [0.3, 0.4) is 0 Å². The van der Waals surface area contributed by atoms with Crippen LogP contribution in [0.25, 0.3) is 60.2 Å². The van der Waals surface area contributed by atoms with Gasteiger partial charge in [0.15, 0.2) is 0 Å². The molecule has 0 amide bonds. The molecule has 302 valence electrons. The molecule has 1 heterocycles. The predicted molar refractivity (Wildman–Crippen MR) is 270 cm³/mol. The van der Waals surface area contributed by atoms with Crippen molar-refractivity contribution in [1.82, 2.24) is 4.57 Å². The Kier molecular flexibility index (Phi) is 9.39. The van der Waals surface area contributed by atoms with Gasteiger partial charge in [-0.2, -0.15) is 0 Å². The molecule has 0 saturated heterocycles. The summed E-state index contributed by atoms with van der Waals surface area (Å²) in [6.07, 6.45) is 0. The number of rotatable bonds is 8. The van der Waals surface area contributed by atoms with Crippen molar-refractivity contribution >= 4 is 77.5 Å². The van der Waals surface area contributed by atoms with Crippen molar-refractivity contribution in [1.29, 1.82) is 0 Å². The van der Waals surface area contributed by atoms with E-state index < -0.39 is 0 Å². The first-order valence-corrected chi connectivity index (χ1v) is 21.8. The van der Waals surface area contributed by atoms with Gasteiger partial charge in [0.05, 0.1) is 11.0 Å². The van der Waals surface area contributed by atoms with Crippen molar-refractivity contribution in [2.75, 3.05) is 9.80 Å². The molecule has 3 heteroatoms. The van der Waals surface area contributed by atoms with Crippen LogP contribution in [0.15, 0.2) is 212 Å². The van der Waals surface area contributed by atoms with Crippen molar-refractivity contribution in [3.63, 3.8) is 0 Å². The van der Waals surface area contributed by atoms with E-state index in [0.29, 0.717) is 0 Å². The lowest BCUT2D eigenvalue weighted by molar-refractivity contribution is 1.19. The third kappa shape index (κ3) is 6.79. The monoisotopic (exact) mass is 809 g/mol. The number of hydrogen-bond donors (Lipinski definition) is 0. The van der Waals surface area contributed by atoms with Gasteiger partial charge in [-0.25, -0.2) is 0 Å². The number of para-hydroxylation sites is 1. The largest absolute Gasteiger partial charge is 0.310 e. The highest BCUT2D eigenvalue weighted by Crippen LogP contribution is 2.46. The number of aryl methyl sites for hydroxylation is 4. The van der Waals surface area contributed by atoms with Crippen LogP contribution in [0.4, 0.5) is 34.1 Å². The molecule has 11 rings (SSSR count). The Hall–Kier alpha value is -7.88. The Bertz CT molecular complexity index is 3250. The van der Waals surface area contributed by atoms with E-state index in [2.05, 4.69) is 254 Å². The summed E-state index contributed by atoms with van der Waals surface area (Å²) in [5.41, 5.74) is 17.3. The molecule has 0 atom stereocenters. The van der Waals surface area contributed by atoms with Crippen molar-refractivity contribution < 1.29 is 0 Å². The molecule has 0 aliphatic carbocycles. The summed E-state index contributed by atoms with van der Waals surface area (Å²) in [7, 11) is 0. The summed E-state index contributed by atoms with van der Waals surface area (Å²) >= 11 is 0. The second-order valence-electron chi connectivity index (χ2n) is 17.0. The van der Waals surface area contributed by atoms with Crippen molar-refractivity contribution in [3.8, 4) is 16.8 Å². The van der Waals surface area contributed by atoms with Crippen LogP contribution in [0.1, 0.15) is 22.3 Å². The quantitative estimate of drug-likeness (QED) is 0.142. The highest BCUT2D eigenvalue weighted by Gasteiger charge is 2.22.